The van der Waals surface area contributed by atoms with Gasteiger partial charge in [-0.3, -0.25) is 4.79 Å². The van der Waals surface area contributed by atoms with E-state index < -0.39 is 0 Å². The summed E-state index contributed by atoms with van der Waals surface area (Å²) in [6, 6.07) is 10.0. The van der Waals surface area contributed by atoms with Crippen molar-refractivity contribution in [2.75, 3.05) is 46.9 Å². The van der Waals surface area contributed by atoms with Gasteiger partial charge in [0.25, 0.3) is 5.91 Å². The largest absolute Gasteiger partial charge is 0.493 e. The lowest BCUT2D eigenvalue weighted by molar-refractivity contribution is 0.0948. The molecule has 1 aliphatic carbocycles. The van der Waals surface area contributed by atoms with Crippen LogP contribution in [0.2, 0.25) is 0 Å². The zero-order valence-corrected chi connectivity index (χ0v) is 19.6. The van der Waals surface area contributed by atoms with E-state index in [2.05, 4.69) is 22.8 Å². The molecule has 176 valence electrons. The van der Waals surface area contributed by atoms with E-state index in [-0.39, 0.29) is 17.9 Å². The monoisotopic (exact) mass is 452 g/mol. The average molecular weight is 453 g/mol. The molecule has 1 amide bonds. The lowest BCUT2D eigenvalue weighted by Crippen LogP contribution is -2.30. The number of hydrogen-bond acceptors (Lipinski definition) is 6. The van der Waals surface area contributed by atoms with Gasteiger partial charge in [-0.15, -0.1) is 0 Å². The minimum Gasteiger partial charge on any atom is -0.493 e. The molecule has 33 heavy (non-hydrogen) atoms. The molecule has 3 unspecified atom stereocenters. The van der Waals surface area contributed by atoms with Gasteiger partial charge in [0.1, 0.15) is 0 Å². The van der Waals surface area contributed by atoms with Gasteiger partial charge in [-0.1, -0.05) is 12.2 Å². The Morgan fingerprint density at radius 3 is 2.48 bits per heavy atom. The van der Waals surface area contributed by atoms with Crippen molar-refractivity contribution >= 4 is 11.6 Å². The Morgan fingerprint density at radius 1 is 1.06 bits per heavy atom. The van der Waals surface area contributed by atoms with Crippen molar-refractivity contribution in [2.24, 2.45) is 5.92 Å². The van der Waals surface area contributed by atoms with Gasteiger partial charge in [-0.05, 0) is 60.2 Å². The highest BCUT2D eigenvalue weighted by atomic mass is 16.5. The Hall–Kier alpha value is -3.19. The molecule has 0 saturated carbocycles. The van der Waals surface area contributed by atoms with E-state index in [1.165, 1.54) is 0 Å². The lowest BCUT2D eigenvalue weighted by atomic mass is 9.76. The number of ether oxygens (including phenoxy) is 4. The van der Waals surface area contributed by atoms with Crippen LogP contribution < -0.4 is 24.8 Å². The summed E-state index contributed by atoms with van der Waals surface area (Å²) in [6.07, 6.45) is 6.23. The van der Waals surface area contributed by atoms with Gasteiger partial charge in [0, 0.05) is 37.4 Å². The predicted molar refractivity (Wildman–Crippen MR) is 128 cm³/mol. The van der Waals surface area contributed by atoms with E-state index in [9.17, 15) is 4.79 Å². The van der Waals surface area contributed by atoms with E-state index >= 15 is 0 Å². The number of rotatable bonds is 9. The fourth-order valence-electron chi connectivity index (χ4n) is 4.87. The third-order valence-corrected chi connectivity index (χ3v) is 6.48. The fourth-order valence-corrected chi connectivity index (χ4v) is 4.87. The summed E-state index contributed by atoms with van der Waals surface area (Å²) in [5.74, 6) is 2.36. The van der Waals surface area contributed by atoms with Gasteiger partial charge in [-0.2, -0.15) is 0 Å². The first-order valence-electron chi connectivity index (χ1n) is 11.3. The number of hydrogen-bond donors (Lipinski definition) is 2. The van der Waals surface area contributed by atoms with Gasteiger partial charge in [0.15, 0.2) is 11.5 Å². The molecule has 0 aromatic heterocycles. The number of allylic oxidation sites excluding steroid dienone is 2. The zero-order valence-electron chi connectivity index (χ0n) is 19.6. The van der Waals surface area contributed by atoms with Crippen molar-refractivity contribution in [3.63, 3.8) is 0 Å². The Labute approximate surface area is 195 Å². The molecule has 4 rings (SSSR count). The van der Waals surface area contributed by atoms with Crippen LogP contribution in [-0.2, 0) is 4.74 Å². The number of anilines is 1. The van der Waals surface area contributed by atoms with E-state index in [0.29, 0.717) is 41.9 Å². The standard InChI is InChI=1S/C26H32N2O5/c1-30-12-6-11-27-26(29)16-9-10-21-20(13-16)18-7-5-8-19(18)24(28-21)17-14-22(31-2)25(33-4)23(15-17)32-3/h5,7,9-10,13-15,18-19,24,28H,6,8,11-12H2,1-4H3,(H,27,29). The zero-order chi connectivity index (χ0) is 23.4. The third-order valence-electron chi connectivity index (χ3n) is 6.48. The van der Waals surface area contributed by atoms with E-state index in [4.69, 9.17) is 18.9 Å². The highest BCUT2D eigenvalue weighted by molar-refractivity contribution is 5.95. The van der Waals surface area contributed by atoms with Crippen LogP contribution in [0.5, 0.6) is 17.2 Å². The minimum atomic E-state index is -0.0563. The number of amides is 1. The van der Waals surface area contributed by atoms with Crippen LogP contribution in [0.4, 0.5) is 5.69 Å². The van der Waals surface area contributed by atoms with Crippen molar-refractivity contribution in [3.05, 3.63) is 59.2 Å². The second-order valence-corrected chi connectivity index (χ2v) is 8.34. The van der Waals surface area contributed by atoms with E-state index in [1.807, 2.05) is 30.3 Å². The van der Waals surface area contributed by atoms with Gasteiger partial charge < -0.3 is 29.6 Å². The fraction of sp³-hybridized carbons (Fsp3) is 0.423. The average Bonchev–Trinajstić information content (AvgIpc) is 3.35. The third kappa shape index (κ3) is 4.50. The lowest BCUT2D eigenvalue weighted by Gasteiger charge is -2.38. The van der Waals surface area contributed by atoms with Crippen molar-refractivity contribution in [2.45, 2.75) is 24.8 Å². The number of carbonyl (C=O) groups excluding carboxylic acids is 1. The molecule has 1 heterocycles. The maximum atomic E-state index is 12.6. The summed E-state index contributed by atoms with van der Waals surface area (Å²) >= 11 is 0. The maximum Gasteiger partial charge on any atom is 0.251 e. The molecule has 7 heteroatoms. The highest BCUT2D eigenvalue weighted by Crippen LogP contribution is 2.51. The van der Waals surface area contributed by atoms with Crippen molar-refractivity contribution in [3.8, 4) is 17.2 Å². The molecule has 0 fully saturated rings. The molecular weight excluding hydrogens is 420 g/mol. The van der Waals surface area contributed by atoms with Crippen molar-refractivity contribution in [1.29, 1.82) is 0 Å². The Bertz CT molecular complexity index is 1010. The van der Waals surface area contributed by atoms with E-state index in [1.54, 1.807) is 28.4 Å². The summed E-state index contributed by atoms with van der Waals surface area (Å²) in [4.78, 5) is 12.6. The van der Waals surface area contributed by atoms with Gasteiger partial charge in [0.05, 0.1) is 27.4 Å². The normalized spacial score (nSPS) is 20.4. The maximum absolute atomic E-state index is 12.6. The highest BCUT2D eigenvalue weighted by Gasteiger charge is 2.39. The molecule has 2 N–H and O–H groups in total. The molecule has 3 atom stereocenters. The molecular formula is C26H32N2O5. The first-order chi connectivity index (χ1) is 16.1. The van der Waals surface area contributed by atoms with Gasteiger partial charge in [0.2, 0.25) is 5.75 Å². The number of benzene rings is 2. The van der Waals surface area contributed by atoms with Gasteiger partial charge >= 0.3 is 0 Å². The number of fused-ring (bicyclic) bond motifs is 3. The van der Waals surface area contributed by atoms with Gasteiger partial charge in [-0.25, -0.2) is 0 Å². The molecule has 0 saturated heterocycles. The topological polar surface area (TPSA) is 78.1 Å². The molecule has 0 bridgehead atoms. The molecule has 2 aliphatic rings. The van der Waals surface area contributed by atoms with Crippen LogP contribution in [0.25, 0.3) is 0 Å². The van der Waals surface area contributed by atoms with Crippen LogP contribution >= 0.6 is 0 Å². The molecule has 0 radical (unpaired) electrons. The summed E-state index contributed by atoms with van der Waals surface area (Å²) in [7, 11) is 6.53. The number of methoxy groups -OCH3 is 4. The second kappa shape index (κ2) is 10.2. The quantitative estimate of drug-likeness (QED) is 0.436. The van der Waals surface area contributed by atoms with Crippen LogP contribution in [0.1, 0.15) is 46.3 Å². The second-order valence-electron chi connectivity index (χ2n) is 8.34. The molecule has 2 aromatic rings. The number of carbonyl (C=O) groups is 1. The molecule has 0 spiro atoms. The van der Waals surface area contributed by atoms with Crippen LogP contribution in [-0.4, -0.2) is 47.5 Å². The summed E-state index contributed by atoms with van der Waals surface area (Å²) in [6.45, 7) is 1.22. The first kappa shape index (κ1) is 23.0. The van der Waals surface area contributed by atoms with Crippen LogP contribution in [0, 0.1) is 5.92 Å². The minimum absolute atomic E-state index is 0.0563. The van der Waals surface area contributed by atoms with Crippen molar-refractivity contribution < 1.29 is 23.7 Å². The molecule has 2 aromatic carbocycles. The summed E-state index contributed by atoms with van der Waals surface area (Å²) in [5, 5.41) is 6.68. The van der Waals surface area contributed by atoms with E-state index in [0.717, 1.165) is 29.7 Å². The SMILES string of the molecule is COCCCNC(=O)c1ccc2c(c1)C1C=CCC1C(c1cc(OC)c(OC)c(OC)c1)N2. The Morgan fingerprint density at radius 2 is 1.82 bits per heavy atom. The van der Waals surface area contributed by atoms with Crippen LogP contribution in [0.3, 0.4) is 0 Å². The predicted octanol–water partition coefficient (Wildman–Crippen LogP) is 4.31. The summed E-state index contributed by atoms with van der Waals surface area (Å²) < 4.78 is 21.7. The summed E-state index contributed by atoms with van der Waals surface area (Å²) in [5.41, 5.74) is 3.95. The Kier molecular flexibility index (Phi) is 7.08. The van der Waals surface area contributed by atoms with Crippen molar-refractivity contribution in [1.82, 2.24) is 5.32 Å². The smallest absolute Gasteiger partial charge is 0.251 e. The molecule has 1 aliphatic heterocycles. The number of nitrogens with one attached hydrogen (secondary N) is 2. The first-order valence-corrected chi connectivity index (χ1v) is 11.3. The Balaban J connectivity index is 1.63. The van der Waals surface area contributed by atoms with Crippen LogP contribution in [0.15, 0.2) is 42.5 Å². The molecule has 7 nitrogen and oxygen atoms in total.